The van der Waals surface area contributed by atoms with Crippen LogP contribution in [0.3, 0.4) is 0 Å². The van der Waals surface area contributed by atoms with Crippen LogP contribution in [0.2, 0.25) is 0 Å². The first kappa shape index (κ1) is 14.0. The third-order valence-electron chi connectivity index (χ3n) is 2.84. The van der Waals surface area contributed by atoms with Gasteiger partial charge < -0.3 is 5.32 Å². The van der Waals surface area contributed by atoms with Gasteiger partial charge in [0, 0.05) is 17.6 Å². The summed E-state index contributed by atoms with van der Waals surface area (Å²) in [6.07, 6.45) is 0. The SMILES string of the molecule is C=C(CNCc1cc(F)ccc1Br)c1ccccc1. The second-order valence-electron chi connectivity index (χ2n) is 4.31. The van der Waals surface area contributed by atoms with Crippen molar-refractivity contribution < 1.29 is 4.39 Å². The minimum absolute atomic E-state index is 0.220. The molecule has 0 radical (unpaired) electrons. The summed E-state index contributed by atoms with van der Waals surface area (Å²) in [4.78, 5) is 0. The van der Waals surface area contributed by atoms with Gasteiger partial charge in [0.1, 0.15) is 5.82 Å². The van der Waals surface area contributed by atoms with Gasteiger partial charge >= 0.3 is 0 Å². The first-order valence-corrected chi connectivity index (χ1v) is 6.84. The standard InChI is InChI=1S/C16H15BrFN/c1-12(13-5-3-2-4-6-13)10-19-11-14-9-15(18)7-8-16(14)17/h2-9,19H,1,10-11H2. The van der Waals surface area contributed by atoms with Crippen LogP contribution in [-0.2, 0) is 6.54 Å². The Morgan fingerprint density at radius 1 is 1.16 bits per heavy atom. The van der Waals surface area contributed by atoms with Crippen molar-refractivity contribution >= 4 is 21.5 Å². The van der Waals surface area contributed by atoms with Crippen molar-refractivity contribution in [3.8, 4) is 0 Å². The van der Waals surface area contributed by atoms with Gasteiger partial charge in [-0.3, -0.25) is 0 Å². The molecular weight excluding hydrogens is 305 g/mol. The maximum atomic E-state index is 13.1. The van der Waals surface area contributed by atoms with E-state index in [1.165, 1.54) is 12.1 Å². The number of hydrogen-bond acceptors (Lipinski definition) is 1. The highest BCUT2D eigenvalue weighted by molar-refractivity contribution is 9.10. The summed E-state index contributed by atoms with van der Waals surface area (Å²) >= 11 is 3.41. The van der Waals surface area contributed by atoms with E-state index >= 15 is 0 Å². The van der Waals surface area contributed by atoms with Crippen molar-refractivity contribution in [2.24, 2.45) is 0 Å². The molecule has 0 aliphatic rings. The Labute approximate surface area is 121 Å². The van der Waals surface area contributed by atoms with E-state index in [0.717, 1.165) is 21.2 Å². The van der Waals surface area contributed by atoms with Crippen molar-refractivity contribution in [1.82, 2.24) is 5.32 Å². The highest BCUT2D eigenvalue weighted by atomic mass is 79.9. The Balaban J connectivity index is 1.90. The zero-order chi connectivity index (χ0) is 13.7. The van der Waals surface area contributed by atoms with Gasteiger partial charge in [-0.1, -0.05) is 52.8 Å². The fourth-order valence-corrected chi connectivity index (χ4v) is 2.19. The summed E-state index contributed by atoms with van der Waals surface area (Å²) in [5.41, 5.74) is 3.04. The van der Waals surface area contributed by atoms with Crippen molar-refractivity contribution in [3.05, 3.63) is 76.5 Å². The first-order valence-electron chi connectivity index (χ1n) is 6.04. The number of benzene rings is 2. The van der Waals surface area contributed by atoms with Crippen LogP contribution in [0.1, 0.15) is 11.1 Å². The van der Waals surface area contributed by atoms with Crippen LogP contribution in [0.25, 0.3) is 5.57 Å². The van der Waals surface area contributed by atoms with Crippen LogP contribution in [-0.4, -0.2) is 6.54 Å². The van der Waals surface area contributed by atoms with E-state index in [2.05, 4.69) is 27.8 Å². The molecule has 0 atom stereocenters. The van der Waals surface area contributed by atoms with Crippen molar-refractivity contribution in [2.45, 2.75) is 6.54 Å². The van der Waals surface area contributed by atoms with Crippen LogP contribution < -0.4 is 5.32 Å². The predicted molar refractivity (Wildman–Crippen MR) is 81.3 cm³/mol. The fourth-order valence-electron chi connectivity index (χ4n) is 1.80. The Hall–Kier alpha value is -1.45. The fraction of sp³-hybridized carbons (Fsp3) is 0.125. The summed E-state index contributed by atoms with van der Waals surface area (Å²) < 4.78 is 14.0. The number of rotatable bonds is 5. The molecule has 0 aliphatic heterocycles. The molecule has 19 heavy (non-hydrogen) atoms. The molecular formula is C16H15BrFN. The molecule has 0 aromatic heterocycles. The molecule has 0 fully saturated rings. The van der Waals surface area contributed by atoms with Gasteiger partial charge in [0.05, 0.1) is 0 Å². The molecule has 0 saturated carbocycles. The second-order valence-corrected chi connectivity index (χ2v) is 5.16. The smallest absolute Gasteiger partial charge is 0.123 e. The van der Waals surface area contributed by atoms with E-state index < -0.39 is 0 Å². The zero-order valence-electron chi connectivity index (χ0n) is 10.5. The lowest BCUT2D eigenvalue weighted by molar-refractivity contribution is 0.622. The molecule has 2 aromatic rings. The third-order valence-corrected chi connectivity index (χ3v) is 3.62. The predicted octanol–water partition coefficient (Wildman–Crippen LogP) is 4.39. The monoisotopic (exact) mass is 319 g/mol. The maximum Gasteiger partial charge on any atom is 0.123 e. The molecule has 0 heterocycles. The largest absolute Gasteiger partial charge is 0.309 e. The molecule has 0 aliphatic carbocycles. The average Bonchev–Trinajstić information content (AvgIpc) is 2.43. The number of hydrogen-bond donors (Lipinski definition) is 1. The lowest BCUT2D eigenvalue weighted by Crippen LogP contribution is -2.16. The molecule has 0 saturated heterocycles. The number of halogens is 2. The van der Waals surface area contributed by atoms with Crippen molar-refractivity contribution in [2.75, 3.05) is 6.54 Å². The summed E-state index contributed by atoms with van der Waals surface area (Å²) in [5.74, 6) is -0.220. The van der Waals surface area contributed by atoms with Gasteiger partial charge in [-0.2, -0.15) is 0 Å². The highest BCUT2D eigenvalue weighted by Gasteiger charge is 2.02. The molecule has 98 valence electrons. The van der Waals surface area contributed by atoms with Gasteiger partial charge in [-0.25, -0.2) is 4.39 Å². The first-order chi connectivity index (χ1) is 9.16. The molecule has 1 N–H and O–H groups in total. The van der Waals surface area contributed by atoms with E-state index in [0.29, 0.717) is 13.1 Å². The van der Waals surface area contributed by atoms with Gasteiger partial charge in [-0.15, -0.1) is 0 Å². The van der Waals surface area contributed by atoms with Crippen molar-refractivity contribution in [1.29, 1.82) is 0 Å². The Morgan fingerprint density at radius 2 is 1.89 bits per heavy atom. The van der Waals surface area contributed by atoms with Crippen LogP contribution in [0.15, 0.2) is 59.6 Å². The topological polar surface area (TPSA) is 12.0 Å². The Bertz CT molecular complexity index is 566. The molecule has 0 spiro atoms. The van der Waals surface area contributed by atoms with E-state index in [1.807, 2.05) is 30.3 Å². The van der Waals surface area contributed by atoms with Crippen molar-refractivity contribution in [3.63, 3.8) is 0 Å². The molecule has 2 rings (SSSR count). The minimum atomic E-state index is -0.220. The molecule has 2 aromatic carbocycles. The zero-order valence-corrected chi connectivity index (χ0v) is 12.1. The minimum Gasteiger partial charge on any atom is -0.309 e. The highest BCUT2D eigenvalue weighted by Crippen LogP contribution is 2.18. The lowest BCUT2D eigenvalue weighted by atomic mass is 10.1. The molecule has 0 amide bonds. The van der Waals surface area contributed by atoms with Gasteiger partial charge in [0.15, 0.2) is 0 Å². The summed E-state index contributed by atoms with van der Waals surface area (Å²) in [5, 5.41) is 3.27. The Morgan fingerprint density at radius 3 is 2.63 bits per heavy atom. The quantitative estimate of drug-likeness (QED) is 0.861. The molecule has 3 heteroatoms. The van der Waals surface area contributed by atoms with Crippen LogP contribution >= 0.6 is 15.9 Å². The number of nitrogens with one attached hydrogen (secondary N) is 1. The molecule has 0 unspecified atom stereocenters. The molecule has 0 bridgehead atoms. The van der Waals surface area contributed by atoms with Crippen LogP contribution in [0.5, 0.6) is 0 Å². The maximum absolute atomic E-state index is 13.1. The van der Waals surface area contributed by atoms with Gasteiger partial charge in [-0.05, 0) is 34.9 Å². The lowest BCUT2D eigenvalue weighted by Gasteiger charge is -2.09. The van der Waals surface area contributed by atoms with Crippen LogP contribution in [0.4, 0.5) is 4.39 Å². The third kappa shape index (κ3) is 4.01. The van der Waals surface area contributed by atoms with E-state index in [-0.39, 0.29) is 5.82 Å². The van der Waals surface area contributed by atoms with E-state index in [1.54, 1.807) is 6.07 Å². The summed E-state index contributed by atoms with van der Waals surface area (Å²) in [6.45, 7) is 5.32. The van der Waals surface area contributed by atoms with Gasteiger partial charge in [0.2, 0.25) is 0 Å². The van der Waals surface area contributed by atoms with E-state index in [9.17, 15) is 4.39 Å². The summed E-state index contributed by atoms with van der Waals surface area (Å²) in [7, 11) is 0. The Kier molecular flexibility index (Phi) is 4.88. The average molecular weight is 320 g/mol. The van der Waals surface area contributed by atoms with Crippen LogP contribution in [0, 0.1) is 5.82 Å². The normalized spacial score (nSPS) is 10.4. The van der Waals surface area contributed by atoms with Gasteiger partial charge in [0.25, 0.3) is 0 Å². The summed E-state index contributed by atoms with van der Waals surface area (Å²) in [6, 6.07) is 14.7. The van der Waals surface area contributed by atoms with E-state index in [4.69, 9.17) is 0 Å². The molecule has 1 nitrogen and oxygen atoms in total. The second kappa shape index (κ2) is 6.64.